The molecule has 7 nitrogen and oxygen atoms in total. The van der Waals surface area contributed by atoms with Gasteiger partial charge in [-0.2, -0.15) is 0 Å². The van der Waals surface area contributed by atoms with E-state index in [4.69, 9.17) is 5.11 Å². The van der Waals surface area contributed by atoms with E-state index >= 15 is 0 Å². The Morgan fingerprint density at radius 2 is 1.63 bits per heavy atom. The summed E-state index contributed by atoms with van der Waals surface area (Å²) in [6, 6.07) is 22.7. The average molecular weight is 626 g/mol. The minimum Gasteiger partial charge on any atom is -0.481 e. The van der Waals surface area contributed by atoms with Gasteiger partial charge >= 0.3 is 12.0 Å². The van der Waals surface area contributed by atoms with Crippen molar-refractivity contribution in [3.63, 3.8) is 0 Å². The number of carboxylic acid groups (broad SMARTS) is 1. The van der Waals surface area contributed by atoms with E-state index in [1.54, 1.807) is 17.0 Å². The molecule has 38 heavy (non-hydrogen) atoms. The van der Waals surface area contributed by atoms with E-state index in [9.17, 15) is 14.4 Å². The summed E-state index contributed by atoms with van der Waals surface area (Å²) in [6.07, 6.45) is 6.14. The zero-order chi connectivity index (χ0) is 26.9. The Morgan fingerprint density at radius 1 is 0.921 bits per heavy atom. The molecule has 3 aromatic carbocycles. The number of carbonyl (C=O) groups is 3. The first-order valence-electron chi connectivity index (χ1n) is 12.9. The molecular formula is C30H32IN3O4. The molecule has 1 aliphatic carbocycles. The van der Waals surface area contributed by atoms with Gasteiger partial charge in [-0.1, -0.05) is 49.6 Å². The van der Waals surface area contributed by atoms with Gasteiger partial charge in [0.1, 0.15) is 0 Å². The lowest BCUT2D eigenvalue weighted by Crippen LogP contribution is -2.34. The van der Waals surface area contributed by atoms with E-state index < -0.39 is 5.97 Å². The Kier molecular flexibility index (Phi) is 9.75. The van der Waals surface area contributed by atoms with Crippen molar-refractivity contribution >= 4 is 51.9 Å². The van der Waals surface area contributed by atoms with Crippen molar-refractivity contribution in [1.29, 1.82) is 0 Å². The number of carboxylic acids is 1. The number of anilines is 2. The van der Waals surface area contributed by atoms with Gasteiger partial charge in [0.2, 0.25) is 0 Å². The van der Waals surface area contributed by atoms with Crippen molar-refractivity contribution in [2.24, 2.45) is 0 Å². The van der Waals surface area contributed by atoms with E-state index in [0.717, 1.165) is 20.5 Å². The fraction of sp³-hybridized carbons (Fsp3) is 0.300. The summed E-state index contributed by atoms with van der Waals surface area (Å²) in [4.78, 5) is 38.1. The van der Waals surface area contributed by atoms with Crippen molar-refractivity contribution in [2.75, 3.05) is 16.8 Å². The van der Waals surface area contributed by atoms with Crippen LogP contribution in [0, 0.1) is 3.57 Å². The number of halogens is 1. The minimum absolute atomic E-state index is 0.0686. The minimum atomic E-state index is -0.962. The molecule has 0 spiro atoms. The monoisotopic (exact) mass is 625 g/mol. The first-order valence-corrected chi connectivity index (χ1v) is 14.0. The second kappa shape index (κ2) is 13.4. The molecule has 0 aliphatic heterocycles. The van der Waals surface area contributed by atoms with Gasteiger partial charge in [-0.15, -0.1) is 0 Å². The molecule has 8 heteroatoms. The molecule has 1 aliphatic rings. The third-order valence-electron chi connectivity index (χ3n) is 6.78. The van der Waals surface area contributed by atoms with Gasteiger partial charge in [-0.3, -0.25) is 14.5 Å². The Bertz CT molecular complexity index is 1260. The van der Waals surface area contributed by atoms with Gasteiger partial charge in [0.15, 0.2) is 0 Å². The summed E-state index contributed by atoms with van der Waals surface area (Å²) >= 11 is 2.22. The molecule has 1 fully saturated rings. The Balaban J connectivity index is 1.51. The van der Waals surface area contributed by atoms with Gasteiger partial charge in [-0.05, 0) is 94.9 Å². The molecule has 0 aromatic heterocycles. The van der Waals surface area contributed by atoms with E-state index in [1.807, 2.05) is 48.5 Å². The number of nitrogens with zero attached hydrogens (tertiary/aromatic N) is 1. The Morgan fingerprint density at radius 3 is 2.29 bits per heavy atom. The smallest absolute Gasteiger partial charge is 0.326 e. The maximum absolute atomic E-state index is 13.5. The highest BCUT2D eigenvalue weighted by atomic mass is 127. The molecule has 198 valence electrons. The van der Waals surface area contributed by atoms with Crippen molar-refractivity contribution in [3.05, 3.63) is 93.1 Å². The van der Waals surface area contributed by atoms with E-state index in [-0.39, 0.29) is 24.9 Å². The summed E-state index contributed by atoms with van der Waals surface area (Å²) in [5.41, 5.74) is 4.14. The molecule has 0 atom stereocenters. The predicted octanol–water partition coefficient (Wildman–Crippen LogP) is 6.78. The fourth-order valence-electron chi connectivity index (χ4n) is 4.73. The molecule has 0 radical (unpaired) electrons. The van der Waals surface area contributed by atoms with Gasteiger partial charge in [-0.25, -0.2) is 4.79 Å². The maximum Gasteiger partial charge on any atom is 0.326 e. The number of amides is 3. The van der Waals surface area contributed by atoms with Crippen LogP contribution in [0.1, 0.15) is 65.9 Å². The number of carbonyl (C=O) groups excluding carboxylic acids is 2. The number of urea groups is 1. The molecule has 0 saturated heterocycles. The van der Waals surface area contributed by atoms with Crippen molar-refractivity contribution in [1.82, 2.24) is 5.32 Å². The molecule has 4 rings (SSSR count). The molecule has 3 aromatic rings. The normalized spacial score (nSPS) is 13.5. The van der Waals surface area contributed by atoms with E-state index in [2.05, 4.69) is 45.4 Å². The quantitative estimate of drug-likeness (QED) is 0.228. The lowest BCUT2D eigenvalue weighted by Gasteiger charge is -2.26. The second-order valence-corrected chi connectivity index (χ2v) is 10.8. The van der Waals surface area contributed by atoms with Crippen molar-refractivity contribution in [2.45, 2.75) is 51.0 Å². The average Bonchev–Trinajstić information content (AvgIpc) is 2.92. The first kappa shape index (κ1) is 27.6. The van der Waals surface area contributed by atoms with Gasteiger partial charge in [0, 0.05) is 27.1 Å². The fourth-order valence-corrected chi connectivity index (χ4v) is 5.27. The van der Waals surface area contributed by atoms with Crippen LogP contribution in [-0.4, -0.2) is 29.6 Å². The molecule has 1 saturated carbocycles. The number of hydrogen-bond donors (Lipinski definition) is 3. The second-order valence-electron chi connectivity index (χ2n) is 9.55. The van der Waals surface area contributed by atoms with Crippen LogP contribution in [0.4, 0.5) is 16.2 Å². The van der Waals surface area contributed by atoms with Gasteiger partial charge in [0.25, 0.3) is 5.91 Å². The van der Waals surface area contributed by atoms with Crippen LogP contribution in [0.5, 0.6) is 0 Å². The lowest BCUT2D eigenvalue weighted by molar-refractivity contribution is -0.136. The van der Waals surface area contributed by atoms with Gasteiger partial charge in [0.05, 0.1) is 13.0 Å². The standard InChI is InChI=1S/C30H32IN3O4/c31-25-7-4-8-26(19-25)33-30(38)34(27-15-13-23(14-16-27)22-5-2-1-3-6-22)20-21-9-11-24(12-10-21)29(37)32-18-17-28(35)36/h4,7-16,19,22H,1-3,5-6,17-18,20H2,(H,32,37)(H,33,38)(H,35,36). The molecular weight excluding hydrogens is 593 g/mol. The summed E-state index contributed by atoms with van der Waals surface area (Å²) in [5.74, 6) is -0.707. The van der Waals surface area contributed by atoms with Crippen LogP contribution in [0.15, 0.2) is 72.8 Å². The molecule has 0 unspecified atom stereocenters. The zero-order valence-corrected chi connectivity index (χ0v) is 23.3. The first-order chi connectivity index (χ1) is 18.4. The highest BCUT2D eigenvalue weighted by Gasteiger charge is 2.20. The number of nitrogens with one attached hydrogen (secondary N) is 2. The number of aliphatic carboxylic acids is 1. The topological polar surface area (TPSA) is 98.7 Å². The number of benzene rings is 3. The Hall–Kier alpha value is -3.40. The summed E-state index contributed by atoms with van der Waals surface area (Å²) in [7, 11) is 0. The molecule has 0 bridgehead atoms. The zero-order valence-electron chi connectivity index (χ0n) is 21.2. The third kappa shape index (κ3) is 7.80. The van der Waals surface area contributed by atoms with Crippen LogP contribution in [-0.2, 0) is 11.3 Å². The maximum atomic E-state index is 13.5. The van der Waals surface area contributed by atoms with E-state index in [1.165, 1.54) is 37.7 Å². The largest absolute Gasteiger partial charge is 0.481 e. The summed E-state index contributed by atoms with van der Waals surface area (Å²) in [5, 5.41) is 14.4. The van der Waals surface area contributed by atoms with Crippen molar-refractivity contribution in [3.8, 4) is 0 Å². The van der Waals surface area contributed by atoms with Crippen molar-refractivity contribution < 1.29 is 19.5 Å². The summed E-state index contributed by atoms with van der Waals surface area (Å²) < 4.78 is 1.03. The summed E-state index contributed by atoms with van der Waals surface area (Å²) in [6.45, 7) is 0.387. The molecule has 3 N–H and O–H groups in total. The number of hydrogen-bond acceptors (Lipinski definition) is 3. The predicted molar refractivity (Wildman–Crippen MR) is 158 cm³/mol. The number of rotatable bonds is 9. The third-order valence-corrected chi connectivity index (χ3v) is 7.45. The van der Waals surface area contributed by atoms with Crippen LogP contribution >= 0.6 is 22.6 Å². The van der Waals surface area contributed by atoms with Crippen LogP contribution in [0.25, 0.3) is 0 Å². The highest BCUT2D eigenvalue weighted by Crippen LogP contribution is 2.33. The highest BCUT2D eigenvalue weighted by molar-refractivity contribution is 14.1. The van der Waals surface area contributed by atoms with Crippen LogP contribution in [0.3, 0.4) is 0 Å². The van der Waals surface area contributed by atoms with Gasteiger partial charge < -0.3 is 15.7 Å². The SMILES string of the molecule is O=C(O)CCNC(=O)c1ccc(CN(C(=O)Nc2cccc(I)c2)c2ccc(C3CCCCC3)cc2)cc1. The molecule has 3 amide bonds. The van der Waals surface area contributed by atoms with Crippen LogP contribution in [0.2, 0.25) is 0 Å². The van der Waals surface area contributed by atoms with Crippen LogP contribution < -0.4 is 15.5 Å². The Labute approximate surface area is 236 Å². The molecule has 0 heterocycles. The van der Waals surface area contributed by atoms with E-state index in [0.29, 0.717) is 18.0 Å². The lowest BCUT2D eigenvalue weighted by atomic mass is 9.84.